The Morgan fingerprint density at radius 3 is 1.60 bits per heavy atom. The predicted molar refractivity (Wildman–Crippen MR) is 152 cm³/mol. The third kappa shape index (κ3) is 5.58. The van der Waals surface area contributed by atoms with Crippen molar-refractivity contribution in [1.82, 2.24) is 0 Å². The van der Waals surface area contributed by atoms with Crippen LogP contribution in [0.5, 0.6) is 0 Å². The first-order valence-electron chi connectivity index (χ1n) is 12.2. The van der Waals surface area contributed by atoms with E-state index in [4.69, 9.17) is 4.43 Å². The monoisotopic (exact) mass is 502 g/mol. The highest BCUT2D eigenvalue weighted by molar-refractivity contribution is 6.99. The van der Waals surface area contributed by atoms with E-state index in [0.717, 1.165) is 5.20 Å². The first-order valence-corrected chi connectivity index (χ1v) is 17.1. The lowest BCUT2D eigenvalue weighted by Crippen LogP contribution is -2.66. The van der Waals surface area contributed by atoms with Crippen molar-refractivity contribution < 1.29 is 14.3 Å². The molecule has 3 rings (SSSR count). The second-order valence-electron chi connectivity index (χ2n) is 10.7. The van der Waals surface area contributed by atoms with E-state index in [0.29, 0.717) is 13.0 Å². The molecule has 0 heterocycles. The van der Waals surface area contributed by atoms with Crippen molar-refractivity contribution in [2.45, 2.75) is 45.3 Å². The topological polar surface area (TPSA) is 46.5 Å². The molecule has 0 saturated carbocycles. The van der Waals surface area contributed by atoms with E-state index >= 15 is 0 Å². The molecule has 0 spiro atoms. The van der Waals surface area contributed by atoms with Gasteiger partial charge in [0.15, 0.2) is 0 Å². The maximum Gasteiger partial charge on any atom is 0.310 e. The Balaban J connectivity index is 1.93. The zero-order valence-electron chi connectivity index (χ0n) is 21.6. The number of carboxylic acid groups (broad SMARTS) is 1. The zero-order valence-corrected chi connectivity index (χ0v) is 23.6. The molecule has 1 atom stereocenters. The first kappa shape index (κ1) is 26.9. The van der Waals surface area contributed by atoms with E-state index in [2.05, 4.69) is 101 Å². The second-order valence-corrected chi connectivity index (χ2v) is 19.5. The lowest BCUT2D eigenvalue weighted by Gasteiger charge is -2.43. The smallest absolute Gasteiger partial charge is 0.310 e. The fourth-order valence-corrected chi connectivity index (χ4v) is 12.1. The van der Waals surface area contributed by atoms with Gasteiger partial charge in [0.05, 0.1) is 5.92 Å². The van der Waals surface area contributed by atoms with Gasteiger partial charge in [-0.05, 0) is 21.8 Å². The summed E-state index contributed by atoms with van der Waals surface area (Å²) in [4.78, 5) is 12.4. The van der Waals surface area contributed by atoms with Crippen molar-refractivity contribution in [3.63, 3.8) is 0 Å². The number of hydrogen-bond donors (Lipinski definition) is 1. The van der Waals surface area contributed by atoms with Gasteiger partial charge in [-0.1, -0.05) is 135 Å². The average molecular weight is 503 g/mol. The van der Waals surface area contributed by atoms with Gasteiger partial charge in [0.25, 0.3) is 8.32 Å². The first-order chi connectivity index (χ1) is 16.5. The highest BCUT2D eigenvalue weighted by Gasteiger charge is 2.50. The quantitative estimate of drug-likeness (QED) is 0.379. The van der Waals surface area contributed by atoms with Crippen molar-refractivity contribution in [3.05, 3.63) is 103 Å². The molecule has 35 heavy (non-hydrogen) atoms. The Morgan fingerprint density at radius 1 is 0.829 bits per heavy atom. The number of carbonyl (C=O) groups is 1. The molecule has 0 aliphatic carbocycles. The molecule has 0 aliphatic heterocycles. The van der Waals surface area contributed by atoms with Gasteiger partial charge in [-0.3, -0.25) is 4.79 Å². The maximum absolute atomic E-state index is 12.4. The van der Waals surface area contributed by atoms with Gasteiger partial charge in [-0.2, -0.15) is 0 Å². The molecule has 3 aromatic rings. The van der Waals surface area contributed by atoms with Gasteiger partial charge in [0.1, 0.15) is 8.07 Å². The minimum Gasteiger partial charge on any atom is -0.481 e. The van der Waals surface area contributed by atoms with Crippen LogP contribution in [0.25, 0.3) is 0 Å². The van der Waals surface area contributed by atoms with Crippen LogP contribution >= 0.6 is 0 Å². The predicted octanol–water partition coefficient (Wildman–Crippen LogP) is 5.36. The maximum atomic E-state index is 12.4. The zero-order chi connectivity index (χ0) is 25.7. The van der Waals surface area contributed by atoms with E-state index in [-0.39, 0.29) is 5.04 Å². The highest BCUT2D eigenvalue weighted by Crippen LogP contribution is 2.37. The van der Waals surface area contributed by atoms with Gasteiger partial charge in [-0.25, -0.2) is 0 Å². The molecule has 184 valence electrons. The van der Waals surface area contributed by atoms with Crippen LogP contribution in [0.2, 0.25) is 18.1 Å². The molecule has 3 aromatic carbocycles. The lowest BCUT2D eigenvalue weighted by molar-refractivity contribution is -0.140. The summed E-state index contributed by atoms with van der Waals surface area (Å²) in [6.45, 7) is 15.8. The van der Waals surface area contributed by atoms with Crippen LogP contribution in [0.4, 0.5) is 0 Å². The van der Waals surface area contributed by atoms with Crippen LogP contribution in [-0.2, 0) is 9.22 Å². The molecule has 5 heteroatoms. The van der Waals surface area contributed by atoms with E-state index in [1.165, 1.54) is 15.6 Å². The van der Waals surface area contributed by atoms with Gasteiger partial charge >= 0.3 is 5.97 Å². The Hall–Kier alpha value is -2.74. The third-order valence-corrected chi connectivity index (χ3v) is 15.9. The van der Waals surface area contributed by atoms with Crippen LogP contribution in [0.1, 0.15) is 27.2 Å². The van der Waals surface area contributed by atoms with Crippen molar-refractivity contribution >= 4 is 37.9 Å². The second kappa shape index (κ2) is 10.9. The lowest BCUT2D eigenvalue weighted by atomic mass is 10.1. The summed E-state index contributed by atoms with van der Waals surface area (Å²) in [5.74, 6) is -1.47. The van der Waals surface area contributed by atoms with Crippen LogP contribution in [0.3, 0.4) is 0 Å². The molecule has 0 radical (unpaired) electrons. The fourth-order valence-electron chi connectivity index (χ4n) is 5.01. The highest BCUT2D eigenvalue weighted by atomic mass is 28.4. The molecule has 0 saturated heterocycles. The number of hydrogen-bond acceptors (Lipinski definition) is 2. The SMILES string of the molecule is C=C(C(CCO[Si](c1ccccc1)(c1ccccc1)C(C)(C)C)C(=O)O)[Si](C)(C)c1ccccc1. The molecule has 1 N–H and O–H groups in total. The van der Waals surface area contributed by atoms with Crippen molar-refractivity contribution in [2.24, 2.45) is 5.92 Å². The van der Waals surface area contributed by atoms with Crippen molar-refractivity contribution in [3.8, 4) is 0 Å². The molecule has 3 nitrogen and oxygen atoms in total. The summed E-state index contributed by atoms with van der Waals surface area (Å²) in [7, 11) is -4.90. The molecule has 0 amide bonds. The molecule has 0 bridgehead atoms. The molecular weight excluding hydrogens is 464 g/mol. The van der Waals surface area contributed by atoms with Crippen LogP contribution in [0.15, 0.2) is 103 Å². The van der Waals surface area contributed by atoms with Gasteiger partial charge in [0.2, 0.25) is 0 Å². The summed E-state index contributed by atoms with van der Waals surface area (Å²) >= 11 is 0. The Kier molecular flexibility index (Phi) is 8.36. The van der Waals surface area contributed by atoms with Crippen molar-refractivity contribution in [2.75, 3.05) is 6.61 Å². The molecule has 0 aliphatic rings. The standard InChI is InChI=1S/C30H38O3Si2/c1-24(34(5,6)25-16-10-7-11-17-25)28(29(31)32)22-23-33-35(30(2,3)4,26-18-12-8-13-19-26)27-20-14-9-15-21-27/h7-21,28H,1,22-23H2,2-6H3,(H,31,32). The van der Waals surface area contributed by atoms with E-state index in [9.17, 15) is 9.90 Å². The fraction of sp³-hybridized carbons (Fsp3) is 0.300. The van der Waals surface area contributed by atoms with E-state index in [1.54, 1.807) is 0 Å². The number of aliphatic carboxylic acids is 1. The summed E-state index contributed by atoms with van der Waals surface area (Å²) in [6, 6.07) is 31.1. The van der Waals surface area contributed by atoms with E-state index < -0.39 is 28.3 Å². The molecular formula is C30H38O3Si2. The number of rotatable bonds is 10. The van der Waals surface area contributed by atoms with E-state index in [1.807, 2.05) is 30.3 Å². The normalized spacial score (nSPS) is 13.3. The Labute approximate surface area is 212 Å². The summed E-state index contributed by atoms with van der Waals surface area (Å²) < 4.78 is 6.97. The van der Waals surface area contributed by atoms with Crippen LogP contribution < -0.4 is 15.6 Å². The van der Waals surface area contributed by atoms with Gasteiger partial charge < -0.3 is 9.53 Å². The van der Waals surface area contributed by atoms with Crippen LogP contribution in [-0.4, -0.2) is 34.1 Å². The third-order valence-electron chi connectivity index (χ3n) is 7.16. The summed E-state index contributed by atoms with van der Waals surface area (Å²) in [5, 5.41) is 14.5. The molecule has 0 fully saturated rings. The van der Waals surface area contributed by atoms with Crippen LogP contribution in [0, 0.1) is 5.92 Å². The molecule has 0 aromatic heterocycles. The number of carboxylic acids is 1. The summed E-state index contributed by atoms with van der Waals surface area (Å²) in [5.41, 5.74) is 0. The minimum atomic E-state index is -2.71. The summed E-state index contributed by atoms with van der Waals surface area (Å²) in [6.07, 6.45) is 0.405. The largest absolute Gasteiger partial charge is 0.481 e. The van der Waals surface area contributed by atoms with Gasteiger partial charge in [-0.15, -0.1) is 6.58 Å². The Morgan fingerprint density at radius 2 is 1.23 bits per heavy atom. The number of benzene rings is 3. The molecule has 1 unspecified atom stereocenters. The minimum absolute atomic E-state index is 0.149. The average Bonchev–Trinajstić information content (AvgIpc) is 2.84. The van der Waals surface area contributed by atoms with Gasteiger partial charge in [0, 0.05) is 6.61 Å². The Bertz CT molecular complexity index is 1080. The van der Waals surface area contributed by atoms with Crippen molar-refractivity contribution in [1.29, 1.82) is 0 Å².